The van der Waals surface area contributed by atoms with Crippen LogP contribution in [0, 0.1) is 22.6 Å². The highest BCUT2D eigenvalue weighted by Crippen LogP contribution is 2.63. The maximum Gasteiger partial charge on any atom is 0.328 e. The van der Waals surface area contributed by atoms with Crippen LogP contribution in [0.3, 0.4) is 0 Å². The molecule has 0 unspecified atom stereocenters. The van der Waals surface area contributed by atoms with E-state index in [0.29, 0.717) is 5.56 Å². The van der Waals surface area contributed by atoms with E-state index in [-0.39, 0.29) is 12.4 Å². The third-order valence-corrected chi connectivity index (χ3v) is 6.15. The van der Waals surface area contributed by atoms with Crippen molar-refractivity contribution in [2.75, 3.05) is 12.4 Å². The molecule has 0 aliphatic heterocycles. The van der Waals surface area contributed by atoms with Crippen LogP contribution in [-0.4, -0.2) is 32.0 Å². The molecular formula is C15H16FNO4S. The van der Waals surface area contributed by atoms with Crippen molar-refractivity contribution in [3.63, 3.8) is 0 Å². The van der Waals surface area contributed by atoms with Crippen LogP contribution in [0.15, 0.2) is 24.3 Å². The van der Waals surface area contributed by atoms with Crippen molar-refractivity contribution in [3.8, 4) is 6.07 Å². The van der Waals surface area contributed by atoms with Gasteiger partial charge in [0.15, 0.2) is 15.3 Å². The van der Waals surface area contributed by atoms with E-state index in [1.807, 2.05) is 6.07 Å². The average molecular weight is 325 g/mol. The number of sulfone groups is 1. The molecule has 0 saturated heterocycles. The Kier molecular flexibility index (Phi) is 4.25. The second-order valence-electron chi connectivity index (χ2n) is 5.11. The maximum absolute atomic E-state index is 13.4. The average Bonchev–Trinajstić information content (AvgIpc) is 3.19. The van der Waals surface area contributed by atoms with Gasteiger partial charge in [0.1, 0.15) is 11.1 Å². The van der Waals surface area contributed by atoms with Crippen LogP contribution in [0.1, 0.15) is 25.3 Å². The number of benzene rings is 1. The number of carbonyl (C=O) groups excluding carboxylic acids is 1. The molecule has 5 nitrogen and oxygen atoms in total. The summed E-state index contributed by atoms with van der Waals surface area (Å²) in [6.07, 6.45) is 0. The summed E-state index contributed by atoms with van der Waals surface area (Å²) in [5.41, 5.74) is -1.48. The van der Waals surface area contributed by atoms with Gasteiger partial charge >= 0.3 is 5.97 Å². The summed E-state index contributed by atoms with van der Waals surface area (Å²) in [4.78, 5) is 12.2. The SMILES string of the molecule is CCOC(=O)[C@@]1(C#N)[C@H](c2cccc(F)c2)[C@@H]1S(=O)(=O)CC. The Labute approximate surface area is 128 Å². The monoisotopic (exact) mass is 325 g/mol. The molecule has 1 saturated carbocycles. The number of nitrogens with zero attached hydrogens (tertiary/aromatic N) is 1. The van der Waals surface area contributed by atoms with Crippen molar-refractivity contribution in [3.05, 3.63) is 35.6 Å². The number of halogens is 1. The second kappa shape index (κ2) is 5.69. The standard InChI is InChI=1S/C15H16FNO4S/c1-3-21-14(18)15(9-17)12(13(15)22(19,20)4-2)10-6-5-7-11(16)8-10/h5-8,12-13H,3-4H2,1-2H3/t12-,13+,15+/m1/s1. The van der Waals surface area contributed by atoms with E-state index in [1.165, 1.54) is 25.1 Å². The summed E-state index contributed by atoms with van der Waals surface area (Å²) >= 11 is 0. The van der Waals surface area contributed by atoms with Gasteiger partial charge in [-0.05, 0) is 24.6 Å². The highest BCUT2D eigenvalue weighted by Gasteiger charge is 2.77. The molecule has 1 aliphatic rings. The molecule has 0 spiro atoms. The lowest BCUT2D eigenvalue weighted by molar-refractivity contribution is -0.147. The number of hydrogen-bond acceptors (Lipinski definition) is 5. The molecule has 1 aromatic rings. The number of carbonyl (C=O) groups is 1. The van der Waals surface area contributed by atoms with Crippen LogP contribution >= 0.6 is 0 Å². The van der Waals surface area contributed by atoms with Crippen molar-refractivity contribution in [2.24, 2.45) is 5.41 Å². The third-order valence-electron chi connectivity index (χ3n) is 3.93. The highest BCUT2D eigenvalue weighted by molar-refractivity contribution is 7.92. The van der Waals surface area contributed by atoms with Crippen molar-refractivity contribution < 1.29 is 22.3 Å². The van der Waals surface area contributed by atoms with E-state index in [1.54, 1.807) is 6.92 Å². The predicted octanol–water partition coefficient (Wildman–Crippen LogP) is 1.80. The van der Waals surface area contributed by atoms with Gasteiger partial charge in [-0.3, -0.25) is 4.79 Å². The lowest BCUT2D eigenvalue weighted by Crippen LogP contribution is -2.26. The number of ether oxygens (including phenoxy) is 1. The zero-order chi connectivity index (χ0) is 16.5. The Hall–Kier alpha value is -1.94. The number of rotatable bonds is 5. The van der Waals surface area contributed by atoms with Crippen molar-refractivity contribution in [1.29, 1.82) is 5.26 Å². The van der Waals surface area contributed by atoms with E-state index >= 15 is 0 Å². The van der Waals surface area contributed by atoms with Crippen LogP contribution in [0.25, 0.3) is 0 Å². The molecular weight excluding hydrogens is 309 g/mol. The molecule has 0 aromatic heterocycles. The van der Waals surface area contributed by atoms with Crippen LogP contribution in [0.5, 0.6) is 0 Å². The van der Waals surface area contributed by atoms with Crippen LogP contribution in [0.4, 0.5) is 4.39 Å². The van der Waals surface area contributed by atoms with Gasteiger partial charge in [-0.25, -0.2) is 12.8 Å². The zero-order valence-electron chi connectivity index (χ0n) is 12.2. The van der Waals surface area contributed by atoms with Gasteiger partial charge in [-0.1, -0.05) is 19.1 Å². The molecule has 1 fully saturated rings. The first-order valence-corrected chi connectivity index (χ1v) is 8.62. The lowest BCUT2D eigenvalue weighted by atomic mass is 10.0. The largest absolute Gasteiger partial charge is 0.465 e. The topological polar surface area (TPSA) is 84.2 Å². The quantitative estimate of drug-likeness (QED) is 0.771. The molecule has 0 bridgehead atoms. The lowest BCUT2D eigenvalue weighted by Gasteiger charge is -2.08. The van der Waals surface area contributed by atoms with Crippen LogP contribution in [0.2, 0.25) is 0 Å². The molecule has 22 heavy (non-hydrogen) atoms. The minimum atomic E-state index is -3.66. The Bertz CT molecular complexity index is 740. The second-order valence-corrected chi connectivity index (χ2v) is 7.52. The van der Waals surface area contributed by atoms with Crippen molar-refractivity contribution in [1.82, 2.24) is 0 Å². The highest BCUT2D eigenvalue weighted by atomic mass is 32.2. The summed E-state index contributed by atoms with van der Waals surface area (Å²) < 4.78 is 42.8. The van der Waals surface area contributed by atoms with Gasteiger partial charge < -0.3 is 4.74 Å². The normalized spacial score (nSPS) is 27.0. The van der Waals surface area contributed by atoms with Gasteiger partial charge in [0, 0.05) is 11.7 Å². The summed E-state index contributed by atoms with van der Waals surface area (Å²) in [7, 11) is -3.66. The number of esters is 1. The predicted molar refractivity (Wildman–Crippen MR) is 77.1 cm³/mol. The third kappa shape index (κ3) is 2.37. The van der Waals surface area contributed by atoms with Crippen LogP contribution < -0.4 is 0 Å². The molecule has 1 aliphatic carbocycles. The summed E-state index contributed by atoms with van der Waals surface area (Å²) in [6.45, 7) is 3.06. The minimum absolute atomic E-state index is 0.0387. The zero-order valence-corrected chi connectivity index (χ0v) is 13.1. The molecule has 118 valence electrons. The first-order chi connectivity index (χ1) is 10.3. The fourth-order valence-corrected chi connectivity index (χ4v) is 4.77. The Morgan fingerprint density at radius 1 is 1.45 bits per heavy atom. The first kappa shape index (κ1) is 16.4. The Morgan fingerprint density at radius 2 is 2.14 bits per heavy atom. The molecule has 0 radical (unpaired) electrons. The van der Waals surface area contributed by atoms with Crippen molar-refractivity contribution >= 4 is 15.8 Å². The Morgan fingerprint density at radius 3 is 2.64 bits per heavy atom. The molecule has 3 atom stereocenters. The molecule has 0 heterocycles. The molecule has 0 N–H and O–H groups in total. The molecule has 7 heteroatoms. The summed E-state index contributed by atoms with van der Waals surface area (Å²) in [5, 5.41) is 8.28. The molecule has 0 amide bonds. The smallest absolute Gasteiger partial charge is 0.328 e. The van der Waals surface area contributed by atoms with E-state index in [4.69, 9.17) is 4.74 Å². The Balaban J connectivity index is 2.55. The number of hydrogen-bond donors (Lipinski definition) is 0. The van der Waals surface area contributed by atoms with Crippen molar-refractivity contribution in [2.45, 2.75) is 25.0 Å². The maximum atomic E-state index is 13.4. The summed E-state index contributed by atoms with van der Waals surface area (Å²) in [5.74, 6) is -2.52. The number of nitriles is 1. The summed E-state index contributed by atoms with van der Waals surface area (Å²) in [6, 6.07) is 7.13. The molecule has 2 rings (SSSR count). The van der Waals surface area contributed by atoms with Crippen LogP contribution in [-0.2, 0) is 19.4 Å². The van der Waals surface area contributed by atoms with E-state index in [9.17, 15) is 22.9 Å². The molecule has 1 aromatic carbocycles. The fraction of sp³-hybridized carbons (Fsp3) is 0.467. The van der Waals surface area contributed by atoms with Gasteiger partial charge in [0.2, 0.25) is 0 Å². The van der Waals surface area contributed by atoms with Gasteiger partial charge in [0.05, 0.1) is 12.7 Å². The van der Waals surface area contributed by atoms with Gasteiger partial charge in [-0.2, -0.15) is 5.26 Å². The van der Waals surface area contributed by atoms with E-state index in [2.05, 4.69) is 0 Å². The van der Waals surface area contributed by atoms with Gasteiger partial charge in [0.25, 0.3) is 0 Å². The minimum Gasteiger partial charge on any atom is -0.465 e. The van der Waals surface area contributed by atoms with E-state index in [0.717, 1.165) is 6.07 Å². The van der Waals surface area contributed by atoms with Gasteiger partial charge in [-0.15, -0.1) is 0 Å². The van der Waals surface area contributed by atoms with E-state index < -0.39 is 38.2 Å². The first-order valence-electron chi connectivity index (χ1n) is 6.90. The fourth-order valence-electron chi connectivity index (χ4n) is 2.84.